The summed E-state index contributed by atoms with van der Waals surface area (Å²) in [5.41, 5.74) is 0.644. The molecule has 1 aromatic heterocycles. The van der Waals surface area contributed by atoms with Gasteiger partial charge in [0.2, 0.25) is 10.0 Å². The standard InChI is InChI=1S/C24H26N2O7S/c1-31-19-8-9-22-17(12-19)11-18(23(27)25-22)14-26(15-20-6-4-10-33-20)34(29,30)21-7-3-5-16(13-21)24(28)32-2/h3,5,7-9,11-13,20H,4,6,10,14-15H2,1-2H3,(H,25,27). The van der Waals surface area contributed by atoms with Crippen LogP contribution in [0.3, 0.4) is 0 Å². The molecule has 4 rings (SSSR count). The van der Waals surface area contributed by atoms with E-state index in [4.69, 9.17) is 14.2 Å². The number of esters is 1. The van der Waals surface area contributed by atoms with Crippen molar-refractivity contribution in [2.75, 3.05) is 27.4 Å². The molecule has 1 saturated heterocycles. The van der Waals surface area contributed by atoms with Crippen LogP contribution in [-0.2, 0) is 26.0 Å². The Labute approximate surface area is 197 Å². The van der Waals surface area contributed by atoms with Gasteiger partial charge in [0.1, 0.15) is 5.75 Å². The Balaban J connectivity index is 1.74. The lowest BCUT2D eigenvalue weighted by Gasteiger charge is -2.25. The van der Waals surface area contributed by atoms with Gasteiger partial charge in [-0.2, -0.15) is 4.31 Å². The third-order valence-corrected chi connectivity index (χ3v) is 7.61. The van der Waals surface area contributed by atoms with Crippen molar-refractivity contribution in [2.45, 2.75) is 30.4 Å². The number of fused-ring (bicyclic) bond motifs is 1. The molecule has 9 nitrogen and oxygen atoms in total. The Hall–Kier alpha value is -3.21. The summed E-state index contributed by atoms with van der Waals surface area (Å²) in [5.74, 6) is -0.0170. The zero-order chi connectivity index (χ0) is 24.3. The Kier molecular flexibility index (Phi) is 7.01. The molecule has 1 unspecified atom stereocenters. The lowest BCUT2D eigenvalue weighted by molar-refractivity contribution is 0.0600. The van der Waals surface area contributed by atoms with Crippen LogP contribution in [0, 0.1) is 0 Å². The van der Waals surface area contributed by atoms with Crippen LogP contribution < -0.4 is 10.3 Å². The van der Waals surface area contributed by atoms with Crippen LogP contribution in [0.5, 0.6) is 5.75 Å². The van der Waals surface area contributed by atoms with Crippen molar-refractivity contribution >= 4 is 26.9 Å². The van der Waals surface area contributed by atoms with Crippen LogP contribution in [0.15, 0.2) is 58.2 Å². The highest BCUT2D eigenvalue weighted by molar-refractivity contribution is 7.89. The number of carbonyl (C=O) groups excluding carboxylic acids is 1. The molecule has 1 aliphatic rings. The van der Waals surface area contributed by atoms with Crippen molar-refractivity contribution < 1.29 is 27.4 Å². The van der Waals surface area contributed by atoms with Crippen LogP contribution in [0.25, 0.3) is 10.9 Å². The number of pyridine rings is 1. The third kappa shape index (κ3) is 4.98. The number of rotatable bonds is 8. The molecule has 1 fully saturated rings. The lowest BCUT2D eigenvalue weighted by atomic mass is 10.1. The summed E-state index contributed by atoms with van der Waals surface area (Å²) in [6.45, 7) is 0.486. The number of hydrogen-bond donors (Lipinski definition) is 1. The fourth-order valence-electron chi connectivity index (χ4n) is 3.98. The summed E-state index contributed by atoms with van der Waals surface area (Å²) in [5, 5.41) is 0.719. The number of benzene rings is 2. The highest BCUT2D eigenvalue weighted by Crippen LogP contribution is 2.24. The van der Waals surface area contributed by atoms with E-state index in [1.165, 1.54) is 35.7 Å². The molecule has 1 N–H and O–H groups in total. The topological polar surface area (TPSA) is 115 Å². The van der Waals surface area contributed by atoms with E-state index >= 15 is 0 Å². The van der Waals surface area contributed by atoms with E-state index in [1.807, 2.05) is 0 Å². The molecule has 0 saturated carbocycles. The van der Waals surface area contributed by atoms with Crippen LogP contribution in [-0.4, -0.2) is 57.2 Å². The Morgan fingerprint density at radius 1 is 1.18 bits per heavy atom. The van der Waals surface area contributed by atoms with Gasteiger partial charge in [-0.05, 0) is 55.3 Å². The molecule has 2 heterocycles. The molecule has 3 aromatic rings. The van der Waals surface area contributed by atoms with Gasteiger partial charge in [-0.1, -0.05) is 6.07 Å². The number of nitrogens with zero attached hydrogens (tertiary/aromatic N) is 1. The minimum Gasteiger partial charge on any atom is -0.497 e. The van der Waals surface area contributed by atoms with Gasteiger partial charge in [-0.15, -0.1) is 0 Å². The van der Waals surface area contributed by atoms with Crippen molar-refractivity contribution in [3.05, 3.63) is 70.0 Å². The first-order valence-corrected chi connectivity index (χ1v) is 12.3. The number of ether oxygens (including phenoxy) is 3. The van der Waals surface area contributed by atoms with E-state index in [9.17, 15) is 18.0 Å². The number of carbonyl (C=O) groups is 1. The fraction of sp³-hybridized carbons (Fsp3) is 0.333. The van der Waals surface area contributed by atoms with E-state index < -0.39 is 16.0 Å². The molecule has 2 aromatic carbocycles. The molecule has 0 bridgehead atoms. The zero-order valence-corrected chi connectivity index (χ0v) is 19.8. The molecule has 0 aliphatic carbocycles. The van der Waals surface area contributed by atoms with Gasteiger partial charge < -0.3 is 19.2 Å². The number of H-pyrrole nitrogens is 1. The third-order valence-electron chi connectivity index (χ3n) is 5.80. The second-order valence-electron chi connectivity index (χ2n) is 8.03. The summed E-state index contributed by atoms with van der Waals surface area (Å²) in [6.07, 6.45) is 1.28. The number of sulfonamides is 1. The van der Waals surface area contributed by atoms with Crippen molar-refractivity contribution in [1.29, 1.82) is 0 Å². The monoisotopic (exact) mass is 486 g/mol. The number of hydrogen-bond acceptors (Lipinski definition) is 7. The molecule has 1 atom stereocenters. The molecule has 10 heteroatoms. The van der Waals surface area contributed by atoms with Gasteiger partial charge in [-0.3, -0.25) is 4.79 Å². The highest BCUT2D eigenvalue weighted by atomic mass is 32.2. The molecular weight excluding hydrogens is 460 g/mol. The SMILES string of the molecule is COC(=O)c1cccc(S(=O)(=O)N(Cc2cc3cc(OC)ccc3[nH]c2=O)CC2CCCO2)c1. The molecular formula is C24H26N2O7S. The van der Waals surface area contributed by atoms with E-state index in [2.05, 4.69) is 4.98 Å². The van der Waals surface area contributed by atoms with E-state index in [0.717, 1.165) is 18.2 Å². The van der Waals surface area contributed by atoms with Crippen LogP contribution in [0.4, 0.5) is 0 Å². The second kappa shape index (κ2) is 9.96. The Morgan fingerprint density at radius 3 is 2.71 bits per heavy atom. The Bertz CT molecular complexity index is 1360. The van der Waals surface area contributed by atoms with Gasteiger partial charge in [0, 0.05) is 36.2 Å². The molecule has 1 aliphatic heterocycles. The van der Waals surface area contributed by atoms with Crippen molar-refractivity contribution in [3.63, 3.8) is 0 Å². The summed E-state index contributed by atoms with van der Waals surface area (Å²) < 4.78 is 44.2. The summed E-state index contributed by atoms with van der Waals surface area (Å²) >= 11 is 0. The minimum atomic E-state index is -4.07. The quantitative estimate of drug-likeness (QED) is 0.487. The van der Waals surface area contributed by atoms with Crippen molar-refractivity contribution in [1.82, 2.24) is 9.29 Å². The van der Waals surface area contributed by atoms with Gasteiger partial charge in [0.15, 0.2) is 0 Å². The molecule has 0 radical (unpaired) electrons. The summed E-state index contributed by atoms with van der Waals surface area (Å²) in [6, 6.07) is 12.6. The van der Waals surface area contributed by atoms with E-state index in [0.29, 0.717) is 17.9 Å². The smallest absolute Gasteiger partial charge is 0.337 e. The van der Waals surface area contributed by atoms with Gasteiger partial charge >= 0.3 is 5.97 Å². The normalized spacial score (nSPS) is 16.1. The largest absolute Gasteiger partial charge is 0.497 e. The number of methoxy groups -OCH3 is 2. The first-order chi connectivity index (χ1) is 16.3. The maximum atomic E-state index is 13.6. The maximum absolute atomic E-state index is 13.6. The van der Waals surface area contributed by atoms with Crippen LogP contribution in [0.1, 0.15) is 28.8 Å². The van der Waals surface area contributed by atoms with Gasteiger partial charge in [-0.25, -0.2) is 13.2 Å². The zero-order valence-electron chi connectivity index (χ0n) is 18.9. The van der Waals surface area contributed by atoms with Crippen LogP contribution >= 0.6 is 0 Å². The van der Waals surface area contributed by atoms with E-state index in [1.54, 1.807) is 31.4 Å². The highest BCUT2D eigenvalue weighted by Gasteiger charge is 2.30. The maximum Gasteiger partial charge on any atom is 0.337 e. The van der Waals surface area contributed by atoms with Crippen LogP contribution in [0.2, 0.25) is 0 Å². The summed E-state index contributed by atoms with van der Waals surface area (Å²) in [4.78, 5) is 27.5. The van der Waals surface area contributed by atoms with Crippen molar-refractivity contribution in [3.8, 4) is 5.75 Å². The van der Waals surface area contributed by atoms with E-state index in [-0.39, 0.29) is 40.8 Å². The minimum absolute atomic E-state index is 0.0627. The fourth-order valence-corrected chi connectivity index (χ4v) is 5.47. The number of aromatic amines is 1. The second-order valence-corrected chi connectivity index (χ2v) is 9.97. The predicted octanol–water partition coefficient (Wildman–Crippen LogP) is 2.69. The molecule has 0 amide bonds. The first kappa shape index (κ1) is 23.9. The Morgan fingerprint density at radius 2 is 2.00 bits per heavy atom. The lowest BCUT2D eigenvalue weighted by Crippen LogP contribution is -2.38. The van der Waals surface area contributed by atoms with Gasteiger partial charge in [0.25, 0.3) is 5.56 Å². The molecule has 180 valence electrons. The number of nitrogens with one attached hydrogen (secondary N) is 1. The first-order valence-electron chi connectivity index (χ1n) is 10.8. The molecule has 34 heavy (non-hydrogen) atoms. The van der Waals surface area contributed by atoms with Crippen molar-refractivity contribution in [2.24, 2.45) is 0 Å². The predicted molar refractivity (Wildman–Crippen MR) is 125 cm³/mol. The summed E-state index contributed by atoms with van der Waals surface area (Å²) in [7, 11) is -1.29. The average molecular weight is 487 g/mol. The van der Waals surface area contributed by atoms with Gasteiger partial charge in [0.05, 0.1) is 30.8 Å². The molecule has 0 spiro atoms. The number of aromatic nitrogens is 1. The average Bonchev–Trinajstić information content (AvgIpc) is 3.36.